The lowest BCUT2D eigenvalue weighted by Gasteiger charge is -2.34. The summed E-state index contributed by atoms with van der Waals surface area (Å²) in [6.07, 6.45) is -2.02. The molecule has 34 heavy (non-hydrogen) atoms. The Morgan fingerprint density at radius 1 is 1.24 bits per heavy atom. The molecular weight excluding hydrogens is 485 g/mol. The summed E-state index contributed by atoms with van der Waals surface area (Å²) in [6.45, 7) is 0.587. The molecule has 1 aromatic heterocycles. The Bertz CT molecular complexity index is 941. The molecule has 0 amide bonds. The van der Waals surface area contributed by atoms with E-state index in [0.29, 0.717) is 12.8 Å². The molecule has 1 heterocycles. The van der Waals surface area contributed by atoms with Crippen LogP contribution in [-0.4, -0.2) is 71.8 Å². The fourth-order valence-corrected chi connectivity index (χ4v) is 5.12. The van der Waals surface area contributed by atoms with E-state index in [4.69, 9.17) is 4.74 Å². The van der Waals surface area contributed by atoms with Gasteiger partial charge in [-0.1, -0.05) is 5.21 Å². The standard InChI is InChI=1S/C21H26F5N3O4S/c1-11(31)18(10-30)33-20(34-13-3-2-4-21(25,26)7-13)17(32)9-29-8-16(27-28-29)12-5-14(22)19(24)15(23)6-12/h5-6,8,11,13,17-18,20,30-32H,2-4,7,9-10H2,1H3/t11-,13?,17+,18?,20?/m1/s1. The summed E-state index contributed by atoms with van der Waals surface area (Å²) >= 11 is 0.988. The van der Waals surface area contributed by atoms with Crippen LogP contribution in [0.15, 0.2) is 18.3 Å². The average molecular weight is 512 g/mol. The minimum Gasteiger partial charge on any atom is -0.394 e. The lowest BCUT2D eigenvalue weighted by atomic mass is 9.96. The second-order valence-electron chi connectivity index (χ2n) is 8.32. The van der Waals surface area contributed by atoms with Crippen LogP contribution in [0.4, 0.5) is 22.0 Å². The molecule has 0 radical (unpaired) electrons. The number of halogens is 5. The van der Waals surface area contributed by atoms with Gasteiger partial charge in [0.15, 0.2) is 17.5 Å². The van der Waals surface area contributed by atoms with Gasteiger partial charge in [-0.3, -0.25) is 0 Å². The van der Waals surface area contributed by atoms with Crippen molar-refractivity contribution in [2.75, 3.05) is 6.61 Å². The number of rotatable bonds is 10. The molecule has 1 fully saturated rings. The number of aliphatic hydroxyl groups excluding tert-OH is 3. The summed E-state index contributed by atoms with van der Waals surface area (Å²) in [6, 6.07) is 1.51. The molecule has 2 aromatic rings. The summed E-state index contributed by atoms with van der Waals surface area (Å²) in [5.41, 5.74) is -1.16. The first-order valence-electron chi connectivity index (χ1n) is 10.7. The quantitative estimate of drug-likeness (QED) is 0.256. The van der Waals surface area contributed by atoms with Gasteiger partial charge in [-0.25, -0.2) is 26.6 Å². The zero-order valence-electron chi connectivity index (χ0n) is 18.3. The Balaban J connectivity index is 1.75. The van der Waals surface area contributed by atoms with Gasteiger partial charge in [-0.2, -0.15) is 0 Å². The highest BCUT2D eigenvalue weighted by atomic mass is 32.2. The zero-order valence-corrected chi connectivity index (χ0v) is 19.1. The SMILES string of the molecule is C[C@@H](O)C(CO)OC(SC1CCCC(F)(F)C1)[C@@H](O)Cn1cc(-c2cc(F)c(F)c(F)c2)nn1. The third kappa shape index (κ3) is 6.87. The van der Waals surface area contributed by atoms with Gasteiger partial charge in [-0.15, -0.1) is 16.9 Å². The van der Waals surface area contributed by atoms with Gasteiger partial charge in [0.1, 0.15) is 23.3 Å². The molecular formula is C21H26F5N3O4S. The summed E-state index contributed by atoms with van der Waals surface area (Å²) < 4.78 is 74.8. The first kappa shape index (κ1) is 26.8. The zero-order chi connectivity index (χ0) is 25.0. The second kappa shape index (κ2) is 11.3. The molecule has 3 rings (SSSR count). The van der Waals surface area contributed by atoms with Crippen molar-refractivity contribution in [2.24, 2.45) is 0 Å². The van der Waals surface area contributed by atoms with Crippen LogP contribution in [0.25, 0.3) is 11.3 Å². The van der Waals surface area contributed by atoms with E-state index >= 15 is 0 Å². The van der Waals surface area contributed by atoms with E-state index in [1.807, 2.05) is 0 Å². The first-order chi connectivity index (χ1) is 16.0. The molecule has 3 N–H and O–H groups in total. The second-order valence-corrected chi connectivity index (χ2v) is 9.73. The largest absolute Gasteiger partial charge is 0.394 e. The van der Waals surface area contributed by atoms with Gasteiger partial charge in [0.2, 0.25) is 5.92 Å². The lowest BCUT2D eigenvalue weighted by molar-refractivity contribution is -0.0979. The average Bonchev–Trinajstić information content (AvgIpc) is 3.22. The van der Waals surface area contributed by atoms with Crippen molar-refractivity contribution in [3.63, 3.8) is 0 Å². The van der Waals surface area contributed by atoms with Crippen LogP contribution < -0.4 is 0 Å². The molecule has 3 unspecified atom stereocenters. The Kier molecular flexibility index (Phi) is 8.90. The van der Waals surface area contributed by atoms with Gasteiger partial charge in [0.05, 0.1) is 25.5 Å². The van der Waals surface area contributed by atoms with E-state index in [2.05, 4.69) is 10.3 Å². The number of benzene rings is 1. The third-order valence-corrected chi connectivity index (χ3v) is 6.94. The summed E-state index contributed by atoms with van der Waals surface area (Å²) in [7, 11) is 0. The number of nitrogens with zero attached hydrogens (tertiary/aromatic N) is 3. The molecule has 1 saturated carbocycles. The maximum absolute atomic E-state index is 13.9. The Hall–Kier alpha value is -1.80. The van der Waals surface area contributed by atoms with Crippen LogP contribution >= 0.6 is 11.8 Å². The van der Waals surface area contributed by atoms with Crippen LogP contribution in [0.5, 0.6) is 0 Å². The maximum Gasteiger partial charge on any atom is 0.249 e. The predicted molar refractivity (Wildman–Crippen MR) is 114 cm³/mol. The highest BCUT2D eigenvalue weighted by Gasteiger charge is 2.39. The Morgan fingerprint density at radius 2 is 1.91 bits per heavy atom. The molecule has 0 bridgehead atoms. The Morgan fingerprint density at radius 3 is 2.50 bits per heavy atom. The van der Waals surface area contributed by atoms with Crippen LogP contribution in [0.2, 0.25) is 0 Å². The number of alkyl halides is 2. The van der Waals surface area contributed by atoms with Crippen LogP contribution in [0.3, 0.4) is 0 Å². The van der Waals surface area contributed by atoms with E-state index in [1.165, 1.54) is 13.1 Å². The number of hydrogen-bond acceptors (Lipinski definition) is 7. The van der Waals surface area contributed by atoms with E-state index in [0.717, 1.165) is 28.6 Å². The summed E-state index contributed by atoms with van der Waals surface area (Å²) in [5.74, 6) is -7.24. The fourth-order valence-electron chi connectivity index (χ4n) is 3.63. The summed E-state index contributed by atoms with van der Waals surface area (Å²) in [4.78, 5) is 0. The lowest BCUT2D eigenvalue weighted by Crippen LogP contribution is -2.41. The molecule has 1 aliphatic rings. The van der Waals surface area contributed by atoms with Crippen molar-refractivity contribution in [3.05, 3.63) is 35.8 Å². The number of thioether (sulfide) groups is 1. The van der Waals surface area contributed by atoms with Crippen molar-refractivity contribution < 1.29 is 42.0 Å². The number of ether oxygens (including phenoxy) is 1. The third-order valence-electron chi connectivity index (χ3n) is 5.45. The topological polar surface area (TPSA) is 101 Å². The van der Waals surface area contributed by atoms with Crippen molar-refractivity contribution in [3.8, 4) is 11.3 Å². The molecule has 7 nitrogen and oxygen atoms in total. The van der Waals surface area contributed by atoms with Crippen molar-refractivity contribution in [1.29, 1.82) is 0 Å². The number of aliphatic hydroxyl groups is 3. The molecule has 5 atom stereocenters. The fraction of sp³-hybridized carbons (Fsp3) is 0.619. The van der Waals surface area contributed by atoms with E-state index < -0.39 is 65.4 Å². The Labute approximate surface area is 196 Å². The maximum atomic E-state index is 13.9. The number of hydrogen-bond donors (Lipinski definition) is 3. The molecule has 1 aliphatic carbocycles. The number of aromatic nitrogens is 3. The van der Waals surface area contributed by atoms with Gasteiger partial charge in [-0.05, 0) is 31.9 Å². The van der Waals surface area contributed by atoms with E-state index in [9.17, 15) is 37.3 Å². The normalized spacial score (nSPS) is 21.7. The molecule has 190 valence electrons. The highest BCUT2D eigenvalue weighted by molar-refractivity contribution is 8.00. The van der Waals surface area contributed by atoms with E-state index in [-0.39, 0.29) is 24.2 Å². The molecule has 13 heteroatoms. The van der Waals surface area contributed by atoms with Crippen molar-refractivity contribution in [1.82, 2.24) is 15.0 Å². The smallest absolute Gasteiger partial charge is 0.249 e. The van der Waals surface area contributed by atoms with Gasteiger partial charge >= 0.3 is 0 Å². The minimum absolute atomic E-state index is 0.0132. The highest BCUT2D eigenvalue weighted by Crippen LogP contribution is 2.41. The monoisotopic (exact) mass is 511 g/mol. The molecule has 0 aliphatic heterocycles. The minimum atomic E-state index is -2.83. The van der Waals surface area contributed by atoms with Gasteiger partial charge in [0, 0.05) is 23.7 Å². The predicted octanol–water partition coefficient (Wildman–Crippen LogP) is 3.12. The van der Waals surface area contributed by atoms with Gasteiger partial charge < -0.3 is 20.1 Å². The van der Waals surface area contributed by atoms with Crippen molar-refractivity contribution >= 4 is 11.8 Å². The van der Waals surface area contributed by atoms with Crippen LogP contribution in [0, 0.1) is 17.5 Å². The molecule has 1 aromatic carbocycles. The van der Waals surface area contributed by atoms with Crippen LogP contribution in [0.1, 0.15) is 32.6 Å². The van der Waals surface area contributed by atoms with Crippen molar-refractivity contribution in [2.45, 2.75) is 74.1 Å². The van der Waals surface area contributed by atoms with E-state index in [1.54, 1.807) is 0 Å². The summed E-state index contributed by atoms with van der Waals surface area (Å²) in [5, 5.41) is 37.1. The molecule has 0 spiro atoms. The van der Waals surface area contributed by atoms with Crippen LogP contribution in [-0.2, 0) is 11.3 Å². The molecule has 0 saturated heterocycles. The van der Waals surface area contributed by atoms with Gasteiger partial charge in [0.25, 0.3) is 0 Å². The first-order valence-corrected chi connectivity index (χ1v) is 11.6.